The Hall–Kier alpha value is -5.86. The minimum atomic E-state index is -3.25. The van der Waals surface area contributed by atoms with Gasteiger partial charge in [0.25, 0.3) is 0 Å². The Bertz CT molecular complexity index is 3000. The van der Waals surface area contributed by atoms with Gasteiger partial charge in [0.15, 0.2) is 7.14 Å². The number of pyridine rings is 1. The van der Waals surface area contributed by atoms with Gasteiger partial charge in [-0.1, -0.05) is 146 Å². The van der Waals surface area contributed by atoms with E-state index in [0.717, 1.165) is 59.7 Å². The average Bonchev–Trinajstić information content (AvgIpc) is 3.58. The first kappa shape index (κ1) is 30.0. The maximum absolute atomic E-state index is 15.8. The van der Waals surface area contributed by atoms with Crippen molar-refractivity contribution < 1.29 is 4.57 Å². The number of hydrogen-bond acceptors (Lipinski definition) is 3. The molecule has 2 heterocycles. The number of benzene rings is 8. The van der Waals surface area contributed by atoms with Crippen LogP contribution < -0.4 is 15.9 Å². The molecule has 0 aliphatic carbocycles. The number of hydrogen-bond donors (Lipinski definition) is 0. The second kappa shape index (κ2) is 11.9. The van der Waals surface area contributed by atoms with Gasteiger partial charge in [-0.2, -0.15) is 0 Å². The highest BCUT2D eigenvalue weighted by Gasteiger charge is 2.32. The van der Waals surface area contributed by atoms with Crippen molar-refractivity contribution in [1.82, 2.24) is 4.98 Å². The molecule has 0 radical (unpaired) electrons. The van der Waals surface area contributed by atoms with Crippen LogP contribution >= 0.6 is 18.5 Å². The zero-order chi connectivity index (χ0) is 33.9. The molecule has 0 saturated heterocycles. The monoisotopic (exact) mass is 687 g/mol. The van der Waals surface area contributed by atoms with Crippen LogP contribution in [0.15, 0.2) is 182 Å². The van der Waals surface area contributed by atoms with Crippen LogP contribution in [0, 0.1) is 0 Å². The zero-order valence-corrected chi connectivity index (χ0v) is 29.2. The second-order valence-electron chi connectivity index (χ2n) is 13.1. The fourth-order valence-corrected chi connectivity index (χ4v) is 11.6. The van der Waals surface area contributed by atoms with Gasteiger partial charge in [-0.25, -0.2) is 0 Å². The number of nitrogens with zero attached hydrogens (tertiary/aromatic N) is 1. The van der Waals surface area contributed by atoms with Crippen LogP contribution in [-0.4, -0.2) is 4.98 Å². The van der Waals surface area contributed by atoms with Crippen molar-refractivity contribution in [3.8, 4) is 22.3 Å². The third-order valence-electron chi connectivity index (χ3n) is 10.2. The molecule has 0 bridgehead atoms. The van der Waals surface area contributed by atoms with E-state index in [2.05, 4.69) is 121 Å². The lowest BCUT2D eigenvalue weighted by Crippen LogP contribution is -2.25. The first-order valence-electron chi connectivity index (χ1n) is 17.1. The van der Waals surface area contributed by atoms with Gasteiger partial charge in [0.05, 0.1) is 5.52 Å². The highest BCUT2D eigenvalue weighted by atomic mass is 32.1. The minimum Gasteiger partial charge on any atom is -0.309 e. The van der Waals surface area contributed by atoms with E-state index in [1.807, 2.05) is 72.1 Å². The molecular formula is C47H30NOPS. The van der Waals surface area contributed by atoms with Gasteiger partial charge in [-0.15, -0.1) is 11.3 Å². The van der Waals surface area contributed by atoms with Gasteiger partial charge < -0.3 is 4.57 Å². The van der Waals surface area contributed by atoms with Crippen molar-refractivity contribution in [3.63, 3.8) is 0 Å². The van der Waals surface area contributed by atoms with Gasteiger partial charge in [0.2, 0.25) is 0 Å². The Balaban J connectivity index is 1.03. The summed E-state index contributed by atoms with van der Waals surface area (Å²) in [7, 11) is -3.25. The largest absolute Gasteiger partial charge is 0.309 e. The Morgan fingerprint density at radius 3 is 1.88 bits per heavy atom. The summed E-state index contributed by atoms with van der Waals surface area (Å²) >= 11 is 1.84. The molecule has 10 aromatic rings. The highest BCUT2D eigenvalue weighted by Crippen LogP contribution is 2.46. The summed E-state index contributed by atoms with van der Waals surface area (Å²) in [6, 6.07) is 61.2. The van der Waals surface area contributed by atoms with Crippen LogP contribution in [0.1, 0.15) is 0 Å². The lowest BCUT2D eigenvalue weighted by Gasteiger charge is -2.23. The highest BCUT2D eigenvalue weighted by molar-refractivity contribution is 7.85. The van der Waals surface area contributed by atoms with E-state index < -0.39 is 7.14 Å². The average molecular weight is 688 g/mol. The maximum atomic E-state index is 15.8. The molecule has 10 rings (SSSR count). The summed E-state index contributed by atoms with van der Waals surface area (Å²) in [5, 5.41) is 10.6. The van der Waals surface area contributed by atoms with Crippen molar-refractivity contribution in [2.24, 2.45) is 0 Å². The molecule has 0 aliphatic rings. The van der Waals surface area contributed by atoms with Crippen LogP contribution in [0.5, 0.6) is 0 Å². The number of fused-ring (bicyclic) bond motifs is 7. The molecule has 2 nitrogen and oxygen atoms in total. The molecule has 2 aromatic heterocycles. The molecule has 0 fully saturated rings. The van der Waals surface area contributed by atoms with Gasteiger partial charge in [-0.3, -0.25) is 4.98 Å². The lowest BCUT2D eigenvalue weighted by atomic mass is 10.0. The Morgan fingerprint density at radius 1 is 0.412 bits per heavy atom. The quantitative estimate of drug-likeness (QED) is 0.133. The zero-order valence-electron chi connectivity index (χ0n) is 27.5. The van der Waals surface area contributed by atoms with Crippen LogP contribution in [0.3, 0.4) is 0 Å². The van der Waals surface area contributed by atoms with E-state index in [4.69, 9.17) is 4.98 Å². The second-order valence-corrected chi connectivity index (χ2v) is 16.9. The van der Waals surface area contributed by atoms with E-state index in [1.165, 1.54) is 31.1 Å². The lowest BCUT2D eigenvalue weighted by molar-refractivity contribution is 0.592. The molecule has 240 valence electrons. The van der Waals surface area contributed by atoms with Gasteiger partial charge in [0, 0.05) is 53.2 Å². The minimum absolute atomic E-state index is 0.812. The van der Waals surface area contributed by atoms with Crippen molar-refractivity contribution in [2.45, 2.75) is 0 Å². The summed E-state index contributed by atoms with van der Waals surface area (Å²) in [4.78, 5) is 4.92. The molecular weight excluding hydrogens is 658 g/mol. The van der Waals surface area contributed by atoms with Crippen LogP contribution in [0.2, 0.25) is 0 Å². The summed E-state index contributed by atoms with van der Waals surface area (Å²) in [6.07, 6.45) is 1.95. The molecule has 0 N–H and O–H groups in total. The molecule has 51 heavy (non-hydrogen) atoms. The first-order valence-corrected chi connectivity index (χ1v) is 19.7. The summed E-state index contributed by atoms with van der Waals surface area (Å²) in [5.74, 6) is 0. The molecule has 1 atom stereocenters. The number of aromatic nitrogens is 1. The SMILES string of the molecule is O=P(c1ccccc1)(c1ccc(-c2cnc3cc(-c4ccc5c(c4)sc4ccccc45)ccc3c2)cc1)c1cc2ccccc2c2ccccc12. The van der Waals surface area contributed by atoms with Gasteiger partial charge in [-0.05, 0) is 68.6 Å². The third kappa shape index (κ3) is 4.93. The van der Waals surface area contributed by atoms with E-state index in [9.17, 15) is 0 Å². The molecule has 4 heteroatoms. The van der Waals surface area contributed by atoms with Gasteiger partial charge >= 0.3 is 0 Å². The topological polar surface area (TPSA) is 30.0 Å². The van der Waals surface area contributed by atoms with E-state index in [-0.39, 0.29) is 0 Å². The third-order valence-corrected chi connectivity index (χ3v) is 14.4. The molecule has 0 spiro atoms. The van der Waals surface area contributed by atoms with E-state index in [1.54, 1.807) is 0 Å². The molecule has 0 amide bonds. The van der Waals surface area contributed by atoms with Crippen LogP contribution in [0.25, 0.3) is 74.9 Å². The molecule has 8 aromatic carbocycles. The van der Waals surface area contributed by atoms with Crippen molar-refractivity contribution in [3.05, 3.63) is 182 Å². The van der Waals surface area contributed by atoms with Crippen molar-refractivity contribution in [1.29, 1.82) is 0 Å². The van der Waals surface area contributed by atoms with E-state index in [0.29, 0.717) is 0 Å². The summed E-state index contributed by atoms with van der Waals surface area (Å²) < 4.78 is 18.4. The molecule has 0 saturated carbocycles. The van der Waals surface area contributed by atoms with Crippen LogP contribution in [-0.2, 0) is 4.57 Å². The summed E-state index contributed by atoms with van der Waals surface area (Å²) in [5.41, 5.74) is 5.37. The van der Waals surface area contributed by atoms with Crippen LogP contribution in [0.4, 0.5) is 0 Å². The molecule has 0 aliphatic heterocycles. The predicted octanol–water partition coefficient (Wildman–Crippen LogP) is 11.9. The molecule has 1 unspecified atom stereocenters. The fraction of sp³-hybridized carbons (Fsp3) is 0. The standard InChI is InChI=1S/C47H30NOPS/c49-50(37-11-2-1-3-12-37,45-28-34-10-4-5-13-39(34)40-14-6-7-15-41(40)45)38-23-20-31(21-24-38)36-26-35-19-18-32(27-44(35)48-30-36)33-22-25-43-42-16-8-9-17-46(42)51-47(43)29-33/h1-30H. The smallest absolute Gasteiger partial charge is 0.171 e. The first-order chi connectivity index (χ1) is 25.1. The van der Waals surface area contributed by atoms with Crippen molar-refractivity contribution >= 4 is 87.0 Å². The predicted molar refractivity (Wildman–Crippen MR) is 220 cm³/mol. The number of rotatable bonds is 5. The normalized spacial score (nSPS) is 12.9. The summed E-state index contributed by atoms with van der Waals surface area (Å²) in [6.45, 7) is 0. The Morgan fingerprint density at radius 2 is 1.04 bits per heavy atom. The van der Waals surface area contributed by atoms with Crippen molar-refractivity contribution in [2.75, 3.05) is 0 Å². The Labute approximate surface area is 299 Å². The van der Waals surface area contributed by atoms with Gasteiger partial charge in [0.1, 0.15) is 0 Å². The van der Waals surface area contributed by atoms with E-state index >= 15 is 4.57 Å². The fourth-order valence-electron chi connectivity index (χ4n) is 7.59. The maximum Gasteiger partial charge on any atom is 0.171 e. The number of thiophene rings is 1. The Kier molecular flexibility index (Phi) is 6.99.